The molecule has 0 spiro atoms. The fourth-order valence-corrected chi connectivity index (χ4v) is 2.98. The minimum atomic E-state index is -2.93. The van der Waals surface area contributed by atoms with Crippen LogP contribution in [0.15, 0.2) is 24.3 Å². The number of aryl methyl sites for hydroxylation is 1. The molecule has 0 saturated heterocycles. The summed E-state index contributed by atoms with van der Waals surface area (Å²) in [7, 11) is -2.93. The number of hydrogen-bond acceptors (Lipinski definition) is 5. The molecule has 0 bridgehead atoms. The van der Waals surface area contributed by atoms with E-state index in [-0.39, 0.29) is 5.78 Å². The van der Waals surface area contributed by atoms with Gasteiger partial charge >= 0.3 is 8.56 Å². The SMILES string of the molecule is CC(C)(O)C(=O)c1ccc(CCCOCCC[Si](C)(O)O)cc1. The summed E-state index contributed by atoms with van der Waals surface area (Å²) in [5.41, 5.74) is 0.279. The number of hydrogen-bond donors (Lipinski definition) is 3. The van der Waals surface area contributed by atoms with E-state index in [1.807, 2.05) is 12.1 Å². The number of ether oxygens (including phenoxy) is 1. The summed E-state index contributed by atoms with van der Waals surface area (Å²) < 4.78 is 5.47. The van der Waals surface area contributed by atoms with E-state index in [0.717, 1.165) is 18.4 Å². The summed E-state index contributed by atoms with van der Waals surface area (Å²) in [6.07, 6.45) is 2.39. The molecule has 0 aliphatic heterocycles. The van der Waals surface area contributed by atoms with Crippen LogP contribution in [-0.4, -0.2) is 47.9 Å². The van der Waals surface area contributed by atoms with Crippen LogP contribution in [0, 0.1) is 0 Å². The molecular formula is C17H28O5Si. The van der Waals surface area contributed by atoms with E-state index in [1.54, 1.807) is 12.1 Å². The second kappa shape index (κ2) is 8.70. The van der Waals surface area contributed by atoms with Gasteiger partial charge in [-0.15, -0.1) is 0 Å². The van der Waals surface area contributed by atoms with Gasteiger partial charge in [-0.25, -0.2) is 0 Å². The van der Waals surface area contributed by atoms with Gasteiger partial charge in [0, 0.05) is 18.8 Å². The van der Waals surface area contributed by atoms with E-state index in [2.05, 4.69) is 0 Å². The van der Waals surface area contributed by atoms with Crippen LogP contribution in [-0.2, 0) is 11.2 Å². The van der Waals surface area contributed by atoms with E-state index < -0.39 is 14.2 Å². The predicted molar refractivity (Wildman–Crippen MR) is 91.7 cm³/mol. The summed E-state index contributed by atoms with van der Waals surface area (Å²) in [6.45, 7) is 5.64. The van der Waals surface area contributed by atoms with Crippen LogP contribution in [0.25, 0.3) is 0 Å². The van der Waals surface area contributed by atoms with E-state index in [0.29, 0.717) is 31.2 Å². The molecule has 0 fully saturated rings. The Bertz CT molecular complexity index is 485. The van der Waals surface area contributed by atoms with Crippen LogP contribution in [0.2, 0.25) is 12.6 Å². The lowest BCUT2D eigenvalue weighted by molar-refractivity contribution is 0.0488. The fraction of sp³-hybridized carbons (Fsp3) is 0.588. The molecule has 0 atom stereocenters. The molecule has 0 saturated carbocycles. The van der Waals surface area contributed by atoms with Crippen molar-refractivity contribution in [2.75, 3.05) is 13.2 Å². The van der Waals surface area contributed by atoms with Crippen LogP contribution in [0.4, 0.5) is 0 Å². The average molecular weight is 340 g/mol. The van der Waals surface area contributed by atoms with Crippen molar-refractivity contribution in [3.05, 3.63) is 35.4 Å². The predicted octanol–water partition coefficient (Wildman–Crippen LogP) is 2.04. The molecule has 130 valence electrons. The lowest BCUT2D eigenvalue weighted by Crippen LogP contribution is -2.31. The molecule has 5 nitrogen and oxygen atoms in total. The zero-order valence-corrected chi connectivity index (χ0v) is 15.2. The van der Waals surface area contributed by atoms with Gasteiger partial charge in [0.05, 0.1) is 0 Å². The van der Waals surface area contributed by atoms with Gasteiger partial charge in [-0.3, -0.25) is 4.79 Å². The fourth-order valence-electron chi connectivity index (χ4n) is 2.17. The third-order valence-electron chi connectivity index (χ3n) is 3.46. The Labute approximate surface area is 139 Å². The number of aliphatic hydroxyl groups is 1. The van der Waals surface area contributed by atoms with E-state index >= 15 is 0 Å². The normalized spacial score (nSPS) is 12.4. The number of benzene rings is 1. The van der Waals surface area contributed by atoms with Gasteiger partial charge in [-0.1, -0.05) is 24.3 Å². The molecule has 1 rings (SSSR count). The van der Waals surface area contributed by atoms with E-state index in [9.17, 15) is 19.5 Å². The highest BCUT2D eigenvalue weighted by Gasteiger charge is 2.24. The first-order chi connectivity index (χ1) is 10.6. The zero-order valence-electron chi connectivity index (χ0n) is 14.2. The van der Waals surface area contributed by atoms with Gasteiger partial charge in [0.1, 0.15) is 5.60 Å². The number of rotatable bonds is 10. The third kappa shape index (κ3) is 8.38. The van der Waals surface area contributed by atoms with Gasteiger partial charge in [-0.05, 0) is 51.3 Å². The molecule has 6 heteroatoms. The molecule has 0 aliphatic rings. The van der Waals surface area contributed by atoms with Crippen LogP contribution in [0.1, 0.15) is 42.6 Å². The lowest BCUT2D eigenvalue weighted by Gasteiger charge is -2.15. The maximum absolute atomic E-state index is 11.9. The molecule has 0 aromatic heterocycles. The largest absolute Gasteiger partial charge is 0.411 e. The van der Waals surface area contributed by atoms with E-state index in [1.165, 1.54) is 20.4 Å². The summed E-state index contributed by atoms with van der Waals surface area (Å²) >= 11 is 0. The van der Waals surface area contributed by atoms with Gasteiger partial charge in [0.2, 0.25) is 0 Å². The van der Waals surface area contributed by atoms with Crippen molar-refractivity contribution in [3.8, 4) is 0 Å². The average Bonchev–Trinajstić information content (AvgIpc) is 2.44. The summed E-state index contributed by atoms with van der Waals surface area (Å²) in [5, 5.41) is 9.71. The first-order valence-electron chi connectivity index (χ1n) is 7.98. The quantitative estimate of drug-likeness (QED) is 0.345. The van der Waals surface area contributed by atoms with Gasteiger partial charge in [-0.2, -0.15) is 0 Å². The van der Waals surface area contributed by atoms with Gasteiger partial charge in [0.15, 0.2) is 5.78 Å². The maximum atomic E-state index is 11.9. The Morgan fingerprint density at radius 1 is 1.13 bits per heavy atom. The smallest absolute Gasteiger partial charge is 0.329 e. The standard InChI is InChI=1S/C17H28O5Si/c1-17(2,19)16(18)15-9-7-14(8-10-15)6-4-11-22-12-5-13-23(3,20)21/h7-10,19-21H,4-6,11-13H2,1-3H3. The van der Waals surface area contributed by atoms with Crippen molar-refractivity contribution >= 4 is 14.3 Å². The molecule has 0 unspecified atom stereocenters. The first-order valence-corrected chi connectivity index (χ1v) is 10.6. The third-order valence-corrected chi connectivity index (χ3v) is 4.77. The lowest BCUT2D eigenvalue weighted by atomic mass is 9.95. The van der Waals surface area contributed by atoms with Crippen LogP contribution in [0.5, 0.6) is 0 Å². The maximum Gasteiger partial charge on any atom is 0.329 e. The van der Waals surface area contributed by atoms with Crippen molar-refractivity contribution < 1.29 is 24.2 Å². The highest BCUT2D eigenvalue weighted by Crippen LogP contribution is 2.14. The van der Waals surface area contributed by atoms with Gasteiger partial charge in [0.25, 0.3) is 0 Å². The highest BCUT2D eigenvalue weighted by molar-refractivity contribution is 6.63. The molecule has 0 amide bonds. The van der Waals surface area contributed by atoms with Crippen molar-refractivity contribution in [2.45, 2.75) is 51.3 Å². The molecular weight excluding hydrogens is 312 g/mol. The van der Waals surface area contributed by atoms with Crippen LogP contribution in [0.3, 0.4) is 0 Å². The Kier molecular flexibility index (Phi) is 7.56. The summed E-state index contributed by atoms with van der Waals surface area (Å²) in [4.78, 5) is 30.5. The monoisotopic (exact) mass is 340 g/mol. The van der Waals surface area contributed by atoms with Crippen molar-refractivity contribution in [2.24, 2.45) is 0 Å². The highest BCUT2D eigenvalue weighted by atomic mass is 28.4. The number of carbonyl (C=O) groups is 1. The minimum Gasteiger partial charge on any atom is -0.411 e. The Balaban J connectivity index is 2.25. The zero-order chi connectivity index (χ0) is 17.5. The second-order valence-electron chi connectivity index (χ2n) is 6.62. The molecule has 0 aliphatic carbocycles. The first kappa shape index (κ1) is 20.0. The van der Waals surface area contributed by atoms with Gasteiger partial charge < -0.3 is 19.4 Å². The molecule has 1 aromatic rings. The second-order valence-corrected chi connectivity index (χ2v) is 9.56. The Hall–Kier alpha value is -1.05. The summed E-state index contributed by atoms with van der Waals surface area (Å²) in [5.74, 6) is -0.282. The van der Waals surface area contributed by atoms with Crippen LogP contribution < -0.4 is 0 Å². The van der Waals surface area contributed by atoms with Crippen molar-refractivity contribution in [1.82, 2.24) is 0 Å². The molecule has 1 aromatic carbocycles. The van der Waals surface area contributed by atoms with E-state index in [4.69, 9.17) is 4.74 Å². The molecule has 0 radical (unpaired) electrons. The van der Waals surface area contributed by atoms with Crippen LogP contribution >= 0.6 is 0 Å². The topological polar surface area (TPSA) is 87.0 Å². The molecule has 3 N–H and O–H groups in total. The molecule has 0 heterocycles. The minimum absolute atomic E-state index is 0.282. The number of Topliss-reactive ketones (excluding diaryl/α,β-unsaturated/α-hetero) is 1. The van der Waals surface area contributed by atoms with Crippen molar-refractivity contribution in [1.29, 1.82) is 0 Å². The van der Waals surface area contributed by atoms with Crippen molar-refractivity contribution in [3.63, 3.8) is 0 Å². The Morgan fingerprint density at radius 2 is 1.70 bits per heavy atom. The molecule has 23 heavy (non-hydrogen) atoms. The number of carbonyl (C=O) groups excluding carboxylic acids is 1. The number of ketones is 1. The Morgan fingerprint density at radius 3 is 2.22 bits per heavy atom. The summed E-state index contributed by atoms with van der Waals surface area (Å²) in [6, 6.07) is 7.71.